The Bertz CT molecular complexity index is 690. The van der Waals surface area contributed by atoms with Crippen molar-refractivity contribution in [2.45, 2.75) is 39.2 Å². The van der Waals surface area contributed by atoms with Crippen LogP contribution in [0.2, 0.25) is 0 Å². The van der Waals surface area contributed by atoms with E-state index in [1.54, 1.807) is 0 Å². The maximum Gasteiger partial charge on any atom is 0.226 e. The summed E-state index contributed by atoms with van der Waals surface area (Å²) in [7, 11) is 0. The van der Waals surface area contributed by atoms with Crippen molar-refractivity contribution in [3.63, 3.8) is 0 Å². The first-order chi connectivity index (χ1) is 11.0. The van der Waals surface area contributed by atoms with Crippen LogP contribution in [0.5, 0.6) is 0 Å². The zero-order valence-electron chi connectivity index (χ0n) is 14.3. The molecule has 0 radical (unpaired) electrons. The molecule has 0 aliphatic carbocycles. The Hall–Kier alpha value is -2.09. The minimum Gasteiger partial charge on any atom is -0.333 e. The van der Waals surface area contributed by atoms with Gasteiger partial charge in [0.15, 0.2) is 0 Å². The molecular weight excluding hydrogens is 282 g/mol. The first-order valence-corrected chi connectivity index (χ1v) is 8.41. The SMILES string of the molecule is Cc1ccccc1CC1CCN(C(C)(C)c2ccccc2)C1=O. The van der Waals surface area contributed by atoms with E-state index in [0.29, 0.717) is 5.91 Å². The highest BCUT2D eigenvalue weighted by molar-refractivity contribution is 5.82. The lowest BCUT2D eigenvalue weighted by atomic mass is 9.91. The fraction of sp³-hybridized carbons (Fsp3) is 0.381. The van der Waals surface area contributed by atoms with Gasteiger partial charge in [-0.15, -0.1) is 0 Å². The van der Waals surface area contributed by atoms with Crippen LogP contribution in [0.3, 0.4) is 0 Å². The van der Waals surface area contributed by atoms with Gasteiger partial charge in [0.25, 0.3) is 0 Å². The molecule has 2 aromatic carbocycles. The molecule has 0 bridgehead atoms. The summed E-state index contributed by atoms with van der Waals surface area (Å²) in [5, 5.41) is 0. The Morgan fingerprint density at radius 2 is 1.70 bits per heavy atom. The lowest BCUT2D eigenvalue weighted by molar-refractivity contribution is -0.135. The molecule has 2 heteroatoms. The Balaban J connectivity index is 1.78. The van der Waals surface area contributed by atoms with Crippen LogP contribution in [-0.4, -0.2) is 17.4 Å². The van der Waals surface area contributed by atoms with Crippen LogP contribution in [-0.2, 0) is 16.8 Å². The van der Waals surface area contributed by atoms with Crippen LogP contribution < -0.4 is 0 Å². The average molecular weight is 307 g/mol. The second-order valence-electron chi connectivity index (χ2n) is 7.03. The summed E-state index contributed by atoms with van der Waals surface area (Å²) in [5.41, 5.74) is 3.52. The Labute approximate surface area is 139 Å². The number of rotatable bonds is 4. The van der Waals surface area contributed by atoms with Gasteiger partial charge in [0.05, 0.1) is 5.54 Å². The smallest absolute Gasteiger partial charge is 0.226 e. The fourth-order valence-corrected chi connectivity index (χ4v) is 3.59. The molecule has 1 heterocycles. The summed E-state index contributed by atoms with van der Waals surface area (Å²) >= 11 is 0. The molecule has 1 unspecified atom stereocenters. The highest BCUT2D eigenvalue weighted by Gasteiger charge is 2.40. The lowest BCUT2D eigenvalue weighted by Gasteiger charge is -2.36. The third-order valence-electron chi connectivity index (χ3n) is 5.20. The number of hydrogen-bond donors (Lipinski definition) is 0. The van der Waals surface area contributed by atoms with E-state index in [0.717, 1.165) is 19.4 Å². The zero-order valence-corrected chi connectivity index (χ0v) is 14.3. The van der Waals surface area contributed by atoms with E-state index < -0.39 is 0 Å². The van der Waals surface area contributed by atoms with E-state index in [1.165, 1.54) is 16.7 Å². The summed E-state index contributed by atoms with van der Waals surface area (Å²) in [5.74, 6) is 0.404. The van der Waals surface area contributed by atoms with E-state index in [2.05, 4.69) is 62.1 Å². The quantitative estimate of drug-likeness (QED) is 0.823. The van der Waals surface area contributed by atoms with Gasteiger partial charge in [0.1, 0.15) is 0 Å². The van der Waals surface area contributed by atoms with Crippen LogP contribution >= 0.6 is 0 Å². The Morgan fingerprint density at radius 3 is 2.39 bits per heavy atom. The molecule has 1 aliphatic rings. The lowest BCUT2D eigenvalue weighted by Crippen LogP contribution is -2.43. The molecule has 1 amide bonds. The van der Waals surface area contributed by atoms with Crippen molar-refractivity contribution in [1.29, 1.82) is 0 Å². The largest absolute Gasteiger partial charge is 0.333 e. The molecule has 1 aliphatic heterocycles. The van der Waals surface area contributed by atoms with E-state index >= 15 is 0 Å². The highest BCUT2D eigenvalue weighted by atomic mass is 16.2. The summed E-state index contributed by atoms with van der Waals surface area (Å²) in [4.78, 5) is 15.0. The molecule has 3 rings (SSSR count). The molecule has 1 saturated heterocycles. The molecule has 0 saturated carbocycles. The van der Waals surface area contributed by atoms with Crippen molar-refractivity contribution in [3.8, 4) is 0 Å². The van der Waals surface area contributed by atoms with Gasteiger partial charge in [0, 0.05) is 12.5 Å². The van der Waals surface area contributed by atoms with E-state index in [9.17, 15) is 4.79 Å². The van der Waals surface area contributed by atoms with Gasteiger partial charge in [-0.1, -0.05) is 54.6 Å². The molecular formula is C21H25NO. The van der Waals surface area contributed by atoms with Gasteiger partial charge < -0.3 is 4.90 Å². The molecule has 1 fully saturated rings. The topological polar surface area (TPSA) is 20.3 Å². The third-order valence-corrected chi connectivity index (χ3v) is 5.20. The number of aryl methyl sites for hydroxylation is 1. The molecule has 2 aromatic rings. The molecule has 23 heavy (non-hydrogen) atoms. The van der Waals surface area contributed by atoms with Crippen LogP contribution in [0.15, 0.2) is 54.6 Å². The van der Waals surface area contributed by atoms with Crippen molar-refractivity contribution in [2.75, 3.05) is 6.54 Å². The van der Waals surface area contributed by atoms with Crippen LogP contribution in [0, 0.1) is 12.8 Å². The van der Waals surface area contributed by atoms with Gasteiger partial charge >= 0.3 is 0 Å². The number of amides is 1. The third kappa shape index (κ3) is 3.03. The van der Waals surface area contributed by atoms with Crippen LogP contribution in [0.1, 0.15) is 37.0 Å². The Morgan fingerprint density at radius 1 is 1.04 bits per heavy atom. The first kappa shape index (κ1) is 15.8. The van der Waals surface area contributed by atoms with E-state index in [4.69, 9.17) is 0 Å². The van der Waals surface area contributed by atoms with Crippen LogP contribution in [0.25, 0.3) is 0 Å². The molecule has 0 spiro atoms. The van der Waals surface area contributed by atoms with Crippen molar-refractivity contribution < 1.29 is 4.79 Å². The van der Waals surface area contributed by atoms with Crippen molar-refractivity contribution in [2.24, 2.45) is 5.92 Å². The van der Waals surface area contributed by atoms with Gasteiger partial charge in [0.2, 0.25) is 5.91 Å². The number of nitrogens with zero attached hydrogens (tertiary/aromatic N) is 1. The molecule has 120 valence electrons. The Kier molecular flexibility index (Phi) is 4.25. The predicted octanol–water partition coefficient (Wildman–Crippen LogP) is 4.32. The molecule has 2 nitrogen and oxygen atoms in total. The first-order valence-electron chi connectivity index (χ1n) is 8.41. The number of likely N-dealkylation sites (tertiary alicyclic amines) is 1. The fourth-order valence-electron chi connectivity index (χ4n) is 3.59. The van der Waals surface area contributed by atoms with Crippen LogP contribution in [0.4, 0.5) is 0 Å². The minimum absolute atomic E-state index is 0.110. The minimum atomic E-state index is -0.251. The number of carbonyl (C=O) groups is 1. The van der Waals surface area contributed by atoms with Crippen molar-refractivity contribution >= 4 is 5.91 Å². The second kappa shape index (κ2) is 6.19. The summed E-state index contributed by atoms with van der Waals surface area (Å²) in [6.45, 7) is 7.27. The molecule has 0 N–H and O–H groups in total. The maximum atomic E-state index is 13.0. The highest BCUT2D eigenvalue weighted by Crippen LogP contribution is 2.35. The normalized spacial score (nSPS) is 18.5. The second-order valence-corrected chi connectivity index (χ2v) is 7.03. The number of carbonyl (C=O) groups excluding carboxylic acids is 1. The summed E-state index contributed by atoms with van der Waals surface area (Å²) in [6, 6.07) is 18.7. The van der Waals surface area contributed by atoms with Crippen molar-refractivity contribution in [1.82, 2.24) is 4.90 Å². The van der Waals surface area contributed by atoms with E-state index in [1.807, 2.05) is 18.2 Å². The monoisotopic (exact) mass is 307 g/mol. The maximum absolute atomic E-state index is 13.0. The average Bonchev–Trinajstić information content (AvgIpc) is 2.92. The van der Waals surface area contributed by atoms with Gasteiger partial charge in [-0.3, -0.25) is 4.79 Å². The number of hydrogen-bond acceptors (Lipinski definition) is 1. The van der Waals surface area contributed by atoms with E-state index in [-0.39, 0.29) is 11.5 Å². The predicted molar refractivity (Wildman–Crippen MR) is 94.2 cm³/mol. The zero-order chi connectivity index (χ0) is 16.4. The van der Waals surface area contributed by atoms with Crippen molar-refractivity contribution in [3.05, 3.63) is 71.3 Å². The molecule has 1 atom stereocenters. The standard InChI is InChI=1S/C21H25NO/c1-16-9-7-8-10-17(16)15-18-13-14-22(20(18)23)21(2,3)19-11-5-4-6-12-19/h4-12,18H,13-15H2,1-3H3. The van der Waals surface area contributed by atoms with Gasteiger partial charge in [-0.05, 0) is 50.3 Å². The molecule has 0 aromatic heterocycles. The summed E-state index contributed by atoms with van der Waals surface area (Å²) in [6.07, 6.45) is 1.80. The van der Waals surface area contributed by atoms with Gasteiger partial charge in [-0.2, -0.15) is 0 Å². The number of benzene rings is 2. The van der Waals surface area contributed by atoms with Gasteiger partial charge in [-0.25, -0.2) is 0 Å². The summed E-state index contributed by atoms with van der Waals surface area (Å²) < 4.78 is 0.